The number of hydrogen-bond donors (Lipinski definition) is 2. The zero-order valence-electron chi connectivity index (χ0n) is 10.6. The van der Waals surface area contributed by atoms with Crippen LogP contribution in [0.4, 0.5) is 0 Å². The highest BCUT2D eigenvalue weighted by molar-refractivity contribution is 7.89. The van der Waals surface area contributed by atoms with E-state index in [0.29, 0.717) is 6.54 Å². The Balaban J connectivity index is 1.98. The van der Waals surface area contributed by atoms with Gasteiger partial charge in [-0.2, -0.15) is 5.10 Å². The van der Waals surface area contributed by atoms with Crippen LogP contribution >= 0.6 is 0 Å². The number of carbonyl (C=O) groups is 1. The number of aryl methyl sites for hydroxylation is 1. The third kappa shape index (κ3) is 3.25. The van der Waals surface area contributed by atoms with Crippen LogP contribution in [0.5, 0.6) is 0 Å². The number of carboxylic acids is 1. The van der Waals surface area contributed by atoms with Crippen molar-refractivity contribution in [3.05, 3.63) is 35.9 Å². The van der Waals surface area contributed by atoms with Gasteiger partial charge < -0.3 is 9.52 Å². The molecule has 0 saturated carbocycles. The molecule has 0 amide bonds. The first-order valence-electron chi connectivity index (χ1n) is 5.70. The van der Waals surface area contributed by atoms with E-state index in [1.54, 1.807) is 17.1 Å². The fraction of sp³-hybridized carbons (Fsp3) is 0.273. The van der Waals surface area contributed by atoms with Crippen LogP contribution in [0.15, 0.2) is 34.0 Å². The zero-order chi connectivity index (χ0) is 14.8. The summed E-state index contributed by atoms with van der Waals surface area (Å²) in [6, 6.07) is 2.19. The molecule has 20 heavy (non-hydrogen) atoms. The molecule has 0 fully saturated rings. The number of sulfonamides is 1. The first kappa shape index (κ1) is 14.3. The van der Waals surface area contributed by atoms with Crippen LogP contribution in [0.25, 0.3) is 0 Å². The summed E-state index contributed by atoms with van der Waals surface area (Å²) in [4.78, 5) is 10.6. The van der Waals surface area contributed by atoms with Gasteiger partial charge in [-0.1, -0.05) is 0 Å². The van der Waals surface area contributed by atoms with Gasteiger partial charge in [0.05, 0.1) is 12.7 Å². The minimum absolute atomic E-state index is 0.118. The molecule has 8 nitrogen and oxygen atoms in total. The molecule has 2 heterocycles. The molecular weight excluding hydrogens is 286 g/mol. The molecular formula is C11H13N3O5S. The quantitative estimate of drug-likeness (QED) is 0.801. The van der Waals surface area contributed by atoms with Gasteiger partial charge in [0.1, 0.15) is 0 Å². The van der Waals surface area contributed by atoms with Gasteiger partial charge in [0.25, 0.3) is 10.0 Å². The van der Waals surface area contributed by atoms with E-state index in [4.69, 9.17) is 9.52 Å². The molecule has 0 spiro atoms. The number of rotatable bonds is 6. The summed E-state index contributed by atoms with van der Waals surface area (Å²) < 4.78 is 32.3. The molecule has 0 aliphatic rings. The average molecular weight is 299 g/mol. The standard InChI is InChI=1S/C11H13N3O5S/c1-8-6-12-14(7-8)5-4-13-20(17,18)10-3-2-9(19-10)11(15)16/h2-3,6-7,13H,4-5H2,1H3,(H,15,16). The summed E-state index contributed by atoms with van der Waals surface area (Å²) in [7, 11) is -3.86. The fourth-order valence-electron chi connectivity index (χ4n) is 1.53. The predicted molar refractivity (Wildman–Crippen MR) is 67.8 cm³/mol. The van der Waals surface area contributed by atoms with Gasteiger partial charge in [-0.3, -0.25) is 4.68 Å². The lowest BCUT2D eigenvalue weighted by atomic mass is 10.4. The van der Waals surface area contributed by atoms with Crippen LogP contribution in [-0.2, 0) is 16.6 Å². The molecule has 0 unspecified atom stereocenters. The lowest BCUT2D eigenvalue weighted by molar-refractivity contribution is 0.0656. The largest absolute Gasteiger partial charge is 0.475 e. The van der Waals surface area contributed by atoms with Crippen molar-refractivity contribution >= 4 is 16.0 Å². The Morgan fingerprint density at radius 1 is 1.50 bits per heavy atom. The number of hydrogen-bond acceptors (Lipinski definition) is 5. The van der Waals surface area contributed by atoms with E-state index >= 15 is 0 Å². The van der Waals surface area contributed by atoms with Gasteiger partial charge in [0.2, 0.25) is 10.9 Å². The summed E-state index contributed by atoms with van der Waals surface area (Å²) in [6.07, 6.45) is 3.45. The number of aromatic nitrogens is 2. The lowest BCUT2D eigenvalue weighted by Gasteiger charge is -2.04. The maximum Gasteiger partial charge on any atom is 0.371 e. The third-order valence-electron chi connectivity index (χ3n) is 2.45. The van der Waals surface area contributed by atoms with Crippen molar-refractivity contribution in [1.29, 1.82) is 0 Å². The lowest BCUT2D eigenvalue weighted by Crippen LogP contribution is -2.27. The Kier molecular flexibility index (Phi) is 3.91. The zero-order valence-corrected chi connectivity index (χ0v) is 11.4. The third-order valence-corrected chi connectivity index (χ3v) is 3.79. The van der Waals surface area contributed by atoms with Crippen LogP contribution in [0.2, 0.25) is 0 Å². The second-order valence-electron chi connectivity index (χ2n) is 4.10. The molecule has 2 N–H and O–H groups in total. The molecule has 0 aromatic carbocycles. The van der Waals surface area contributed by atoms with Crippen LogP contribution in [0.3, 0.4) is 0 Å². The highest BCUT2D eigenvalue weighted by Gasteiger charge is 2.20. The maximum absolute atomic E-state index is 11.8. The number of nitrogens with one attached hydrogen (secondary N) is 1. The van der Waals surface area contributed by atoms with Gasteiger partial charge in [0.15, 0.2) is 0 Å². The molecule has 2 aromatic heterocycles. The number of furan rings is 1. The molecule has 0 aliphatic carbocycles. The van der Waals surface area contributed by atoms with Crippen LogP contribution in [0.1, 0.15) is 16.1 Å². The van der Waals surface area contributed by atoms with Crippen molar-refractivity contribution in [1.82, 2.24) is 14.5 Å². The molecule has 0 radical (unpaired) electrons. The molecule has 2 rings (SSSR count). The fourth-order valence-corrected chi connectivity index (χ4v) is 2.48. The minimum Gasteiger partial charge on any atom is -0.475 e. The minimum atomic E-state index is -3.86. The van der Waals surface area contributed by atoms with Crippen LogP contribution in [0, 0.1) is 6.92 Å². The Hall–Kier alpha value is -2.13. The van der Waals surface area contributed by atoms with Gasteiger partial charge in [-0.05, 0) is 24.6 Å². The Morgan fingerprint density at radius 3 is 2.80 bits per heavy atom. The van der Waals surface area contributed by atoms with E-state index in [1.807, 2.05) is 6.92 Å². The van der Waals surface area contributed by atoms with Crippen molar-refractivity contribution in [2.45, 2.75) is 18.6 Å². The van der Waals surface area contributed by atoms with E-state index in [1.165, 1.54) is 0 Å². The number of aromatic carboxylic acids is 1. The summed E-state index contributed by atoms with van der Waals surface area (Å²) >= 11 is 0. The first-order chi connectivity index (χ1) is 9.38. The van der Waals surface area contributed by atoms with E-state index in [9.17, 15) is 13.2 Å². The highest BCUT2D eigenvalue weighted by Crippen LogP contribution is 2.13. The number of nitrogens with zero attached hydrogens (tertiary/aromatic N) is 2. The topological polar surface area (TPSA) is 114 Å². The number of carboxylic acid groups (broad SMARTS) is 1. The van der Waals surface area contributed by atoms with Gasteiger partial charge in [-0.25, -0.2) is 17.9 Å². The van der Waals surface area contributed by atoms with E-state index in [0.717, 1.165) is 17.7 Å². The molecule has 9 heteroatoms. The van der Waals surface area contributed by atoms with Gasteiger partial charge in [0, 0.05) is 12.7 Å². The Labute approximate surface area is 115 Å². The first-order valence-corrected chi connectivity index (χ1v) is 7.18. The van der Waals surface area contributed by atoms with E-state index in [-0.39, 0.29) is 6.54 Å². The molecule has 0 aliphatic heterocycles. The maximum atomic E-state index is 11.8. The average Bonchev–Trinajstić information content (AvgIpc) is 2.98. The van der Waals surface area contributed by atoms with Crippen molar-refractivity contribution in [3.8, 4) is 0 Å². The van der Waals surface area contributed by atoms with E-state index in [2.05, 4.69) is 9.82 Å². The normalized spacial score (nSPS) is 11.7. The molecule has 0 atom stereocenters. The summed E-state index contributed by atoms with van der Waals surface area (Å²) in [5.41, 5.74) is 0.977. The van der Waals surface area contributed by atoms with Gasteiger partial charge >= 0.3 is 5.97 Å². The Morgan fingerprint density at radius 2 is 2.25 bits per heavy atom. The van der Waals surface area contributed by atoms with Crippen LogP contribution in [-0.4, -0.2) is 35.8 Å². The Bertz CT molecular complexity index is 716. The molecule has 0 saturated heterocycles. The monoisotopic (exact) mass is 299 g/mol. The molecule has 0 bridgehead atoms. The highest BCUT2D eigenvalue weighted by atomic mass is 32.2. The SMILES string of the molecule is Cc1cnn(CCNS(=O)(=O)c2ccc(C(=O)O)o2)c1. The smallest absolute Gasteiger partial charge is 0.371 e. The van der Waals surface area contributed by atoms with Crippen molar-refractivity contribution in [3.63, 3.8) is 0 Å². The second kappa shape index (κ2) is 5.47. The molecule has 2 aromatic rings. The van der Waals surface area contributed by atoms with Gasteiger partial charge in [-0.15, -0.1) is 0 Å². The predicted octanol–water partition coefficient (Wildman–Crippen LogP) is 0.461. The summed E-state index contributed by atoms with van der Waals surface area (Å²) in [5.74, 6) is -1.74. The van der Waals surface area contributed by atoms with Crippen molar-refractivity contribution < 1.29 is 22.7 Å². The van der Waals surface area contributed by atoms with Crippen molar-refractivity contribution in [2.24, 2.45) is 0 Å². The van der Waals surface area contributed by atoms with E-state index < -0.39 is 26.8 Å². The van der Waals surface area contributed by atoms with Crippen LogP contribution < -0.4 is 4.72 Å². The second-order valence-corrected chi connectivity index (χ2v) is 5.80. The summed E-state index contributed by atoms with van der Waals surface area (Å²) in [5, 5.41) is 12.3. The van der Waals surface area contributed by atoms with Crippen molar-refractivity contribution in [2.75, 3.05) is 6.54 Å². The summed E-state index contributed by atoms with van der Waals surface area (Å²) in [6.45, 7) is 2.36. The molecule has 108 valence electrons.